The van der Waals surface area contributed by atoms with Crippen molar-refractivity contribution in [3.05, 3.63) is 78.4 Å². The van der Waals surface area contributed by atoms with E-state index < -0.39 is 19.7 Å². The Balaban J connectivity index is 2.28. The van der Waals surface area contributed by atoms with Gasteiger partial charge in [-0.1, -0.05) is 57.2 Å². The molecule has 5 nitrogen and oxygen atoms in total. The standard InChI is InChI=1S/C23H24O5S2/c1-23(2,3)17-14-15-19(28-4)22(16-17)30(26,27)21-13-9-8-12-20(21)29(24,25)18-10-6-5-7-11-18/h5-16H,1-4H3. The zero-order valence-corrected chi connectivity index (χ0v) is 18.9. The molecule has 3 aromatic carbocycles. The van der Waals surface area contributed by atoms with E-state index in [1.165, 1.54) is 43.5 Å². The second-order valence-corrected chi connectivity index (χ2v) is 11.7. The summed E-state index contributed by atoms with van der Waals surface area (Å²) in [7, 11) is -6.84. The highest BCUT2D eigenvalue weighted by Gasteiger charge is 2.31. The number of benzene rings is 3. The zero-order chi connectivity index (χ0) is 22.2. The van der Waals surface area contributed by atoms with Gasteiger partial charge >= 0.3 is 0 Å². The molecular formula is C23H24O5S2. The van der Waals surface area contributed by atoms with Gasteiger partial charge in [-0.25, -0.2) is 16.8 Å². The van der Waals surface area contributed by atoms with E-state index in [2.05, 4.69) is 0 Å². The van der Waals surface area contributed by atoms with Crippen molar-refractivity contribution in [1.29, 1.82) is 0 Å². The van der Waals surface area contributed by atoms with E-state index in [-0.39, 0.29) is 30.7 Å². The van der Waals surface area contributed by atoms with E-state index in [1.54, 1.807) is 30.3 Å². The molecule has 0 amide bonds. The van der Waals surface area contributed by atoms with Crippen molar-refractivity contribution in [2.24, 2.45) is 0 Å². The van der Waals surface area contributed by atoms with Crippen LogP contribution in [0.25, 0.3) is 0 Å². The van der Waals surface area contributed by atoms with Gasteiger partial charge in [-0.2, -0.15) is 0 Å². The van der Waals surface area contributed by atoms with Gasteiger partial charge in [-0.3, -0.25) is 0 Å². The first-order valence-electron chi connectivity index (χ1n) is 9.32. The molecule has 0 aromatic heterocycles. The van der Waals surface area contributed by atoms with Crippen LogP contribution in [0.15, 0.2) is 92.4 Å². The van der Waals surface area contributed by atoms with Crippen LogP contribution < -0.4 is 4.74 Å². The summed E-state index contributed by atoms with van der Waals surface area (Å²) < 4.78 is 59.0. The van der Waals surface area contributed by atoms with Gasteiger partial charge < -0.3 is 4.74 Å². The molecule has 0 saturated carbocycles. The molecule has 0 atom stereocenters. The van der Waals surface area contributed by atoms with E-state index in [0.29, 0.717) is 0 Å². The van der Waals surface area contributed by atoms with Crippen molar-refractivity contribution < 1.29 is 21.6 Å². The Hall–Kier alpha value is -2.64. The lowest BCUT2D eigenvalue weighted by Crippen LogP contribution is -2.15. The van der Waals surface area contributed by atoms with E-state index in [4.69, 9.17) is 4.74 Å². The molecule has 0 bridgehead atoms. The highest BCUT2D eigenvalue weighted by Crippen LogP contribution is 2.37. The van der Waals surface area contributed by atoms with Crippen molar-refractivity contribution in [3.8, 4) is 5.75 Å². The summed E-state index contributed by atoms with van der Waals surface area (Å²) in [6.45, 7) is 5.91. The Morgan fingerprint density at radius 2 is 1.20 bits per heavy atom. The lowest BCUT2D eigenvalue weighted by atomic mass is 9.87. The van der Waals surface area contributed by atoms with Crippen LogP contribution in [0.3, 0.4) is 0 Å². The molecule has 0 aliphatic heterocycles. The second kappa shape index (κ2) is 7.89. The van der Waals surface area contributed by atoms with Gasteiger partial charge in [0.05, 0.1) is 21.8 Å². The third-order valence-electron chi connectivity index (χ3n) is 4.80. The van der Waals surface area contributed by atoms with Crippen LogP contribution in [0.4, 0.5) is 0 Å². The van der Waals surface area contributed by atoms with Gasteiger partial charge in [0.25, 0.3) is 0 Å². The molecule has 0 aliphatic carbocycles. The predicted molar refractivity (Wildman–Crippen MR) is 115 cm³/mol. The average molecular weight is 445 g/mol. The smallest absolute Gasteiger partial charge is 0.211 e. The Bertz CT molecular complexity index is 1270. The summed E-state index contributed by atoms with van der Waals surface area (Å²) in [6.07, 6.45) is 0. The fourth-order valence-corrected chi connectivity index (χ4v) is 6.64. The fraction of sp³-hybridized carbons (Fsp3) is 0.217. The summed E-state index contributed by atoms with van der Waals surface area (Å²) in [5, 5.41) is 0. The Labute approximate surface area is 178 Å². The van der Waals surface area contributed by atoms with E-state index >= 15 is 0 Å². The molecule has 3 aromatic rings. The molecule has 0 radical (unpaired) electrons. The minimum atomic E-state index is -4.19. The first-order valence-corrected chi connectivity index (χ1v) is 12.3. The molecule has 0 spiro atoms. The lowest BCUT2D eigenvalue weighted by molar-refractivity contribution is 0.401. The molecule has 7 heteroatoms. The Morgan fingerprint density at radius 1 is 0.667 bits per heavy atom. The SMILES string of the molecule is COc1ccc(C(C)(C)C)cc1S(=O)(=O)c1ccccc1S(=O)(=O)c1ccccc1. The number of hydrogen-bond donors (Lipinski definition) is 0. The van der Waals surface area contributed by atoms with Gasteiger partial charge in [0.2, 0.25) is 19.7 Å². The number of sulfone groups is 2. The van der Waals surface area contributed by atoms with Crippen LogP contribution in [0.2, 0.25) is 0 Å². The first-order chi connectivity index (χ1) is 14.0. The van der Waals surface area contributed by atoms with Gasteiger partial charge in [-0.05, 0) is 47.4 Å². The Kier molecular flexibility index (Phi) is 5.80. The van der Waals surface area contributed by atoms with Crippen LogP contribution in [0.1, 0.15) is 26.3 Å². The maximum absolute atomic E-state index is 13.6. The van der Waals surface area contributed by atoms with Crippen LogP contribution >= 0.6 is 0 Å². The zero-order valence-electron chi connectivity index (χ0n) is 17.3. The number of rotatable bonds is 5. The summed E-state index contributed by atoms with van der Waals surface area (Å²) in [5.41, 5.74) is 0.497. The molecule has 0 saturated heterocycles. The summed E-state index contributed by atoms with van der Waals surface area (Å²) in [6, 6.07) is 18.4. The van der Waals surface area contributed by atoms with Gasteiger partial charge in [0, 0.05) is 0 Å². The number of methoxy groups -OCH3 is 1. The van der Waals surface area contributed by atoms with Crippen molar-refractivity contribution in [1.82, 2.24) is 0 Å². The average Bonchev–Trinajstić information content (AvgIpc) is 2.73. The molecule has 0 heterocycles. The third kappa shape index (κ3) is 4.00. The van der Waals surface area contributed by atoms with E-state index in [0.717, 1.165) is 5.56 Å². The maximum Gasteiger partial charge on any atom is 0.211 e. The van der Waals surface area contributed by atoms with Gasteiger partial charge in [0.15, 0.2) is 0 Å². The largest absolute Gasteiger partial charge is 0.495 e. The molecular weight excluding hydrogens is 420 g/mol. The molecule has 0 N–H and O–H groups in total. The third-order valence-corrected chi connectivity index (χ3v) is 8.59. The predicted octanol–water partition coefficient (Wildman–Crippen LogP) is 4.66. The Morgan fingerprint density at radius 3 is 1.73 bits per heavy atom. The summed E-state index contributed by atoms with van der Waals surface area (Å²) in [5.74, 6) is 0.162. The molecule has 0 aliphatic rings. The van der Waals surface area contributed by atoms with Crippen molar-refractivity contribution in [2.45, 2.75) is 45.8 Å². The lowest BCUT2D eigenvalue weighted by Gasteiger charge is -2.21. The van der Waals surface area contributed by atoms with E-state index in [9.17, 15) is 16.8 Å². The monoisotopic (exact) mass is 444 g/mol. The normalized spacial score (nSPS) is 12.5. The van der Waals surface area contributed by atoms with E-state index in [1.807, 2.05) is 26.8 Å². The molecule has 0 fully saturated rings. The fourth-order valence-electron chi connectivity index (χ4n) is 3.09. The van der Waals surface area contributed by atoms with Gasteiger partial charge in [0.1, 0.15) is 10.6 Å². The molecule has 0 unspecified atom stereocenters. The quantitative estimate of drug-likeness (QED) is 0.572. The van der Waals surface area contributed by atoms with Crippen LogP contribution in [0.5, 0.6) is 5.75 Å². The van der Waals surface area contributed by atoms with Crippen LogP contribution in [-0.2, 0) is 25.1 Å². The second-order valence-electron chi connectivity index (χ2n) is 7.88. The van der Waals surface area contributed by atoms with Crippen LogP contribution in [-0.4, -0.2) is 23.9 Å². The minimum absolute atomic E-state index is 0.0306. The van der Waals surface area contributed by atoms with Crippen molar-refractivity contribution in [3.63, 3.8) is 0 Å². The highest BCUT2D eigenvalue weighted by atomic mass is 32.2. The van der Waals surface area contributed by atoms with Crippen LogP contribution in [0, 0.1) is 0 Å². The summed E-state index contributed by atoms with van der Waals surface area (Å²) in [4.78, 5) is -0.575. The highest BCUT2D eigenvalue weighted by molar-refractivity contribution is 7.94. The molecule has 158 valence electrons. The van der Waals surface area contributed by atoms with Crippen molar-refractivity contribution in [2.75, 3.05) is 7.11 Å². The topological polar surface area (TPSA) is 77.5 Å². The number of ether oxygens (including phenoxy) is 1. The first kappa shape index (κ1) is 22.1. The number of hydrogen-bond acceptors (Lipinski definition) is 5. The molecule has 30 heavy (non-hydrogen) atoms. The van der Waals surface area contributed by atoms with Crippen molar-refractivity contribution >= 4 is 19.7 Å². The molecule has 3 rings (SSSR count). The minimum Gasteiger partial charge on any atom is -0.495 e. The van der Waals surface area contributed by atoms with Gasteiger partial charge in [-0.15, -0.1) is 0 Å². The maximum atomic E-state index is 13.6. The summed E-state index contributed by atoms with van der Waals surface area (Å²) >= 11 is 0.